The van der Waals surface area contributed by atoms with Gasteiger partial charge in [-0.1, -0.05) is 18.2 Å². The van der Waals surface area contributed by atoms with Gasteiger partial charge in [0, 0.05) is 24.7 Å². The molecule has 1 saturated carbocycles. The van der Waals surface area contributed by atoms with E-state index in [1.165, 1.54) is 11.3 Å². The summed E-state index contributed by atoms with van der Waals surface area (Å²) in [7, 11) is 0. The Hall–Kier alpha value is -2.18. The van der Waals surface area contributed by atoms with Crippen molar-refractivity contribution in [3.8, 4) is 0 Å². The van der Waals surface area contributed by atoms with Gasteiger partial charge in [-0.25, -0.2) is 0 Å². The Morgan fingerprint density at radius 2 is 1.96 bits per heavy atom. The summed E-state index contributed by atoms with van der Waals surface area (Å²) >= 11 is 1.41. The largest absolute Gasteiger partial charge is 0.395 e. The zero-order valence-corrected chi connectivity index (χ0v) is 14.1. The first kappa shape index (κ1) is 16.7. The lowest BCUT2D eigenvalue weighted by Gasteiger charge is -2.21. The number of nitrogens with zero attached hydrogens (tertiary/aromatic N) is 1. The van der Waals surface area contributed by atoms with Gasteiger partial charge in [0.1, 0.15) is 0 Å². The van der Waals surface area contributed by atoms with Gasteiger partial charge in [-0.05, 0) is 42.0 Å². The van der Waals surface area contributed by atoms with Crippen LogP contribution < -0.4 is 5.32 Å². The Labute approximate surface area is 144 Å². The molecule has 0 unspecified atom stereocenters. The van der Waals surface area contributed by atoms with Crippen molar-refractivity contribution in [3.05, 3.63) is 57.8 Å². The molecule has 6 heteroatoms. The molecule has 0 aliphatic heterocycles. The number of carbonyl (C=O) groups is 2. The van der Waals surface area contributed by atoms with Gasteiger partial charge in [-0.15, -0.1) is 11.3 Å². The Bertz CT molecular complexity index is 694. The first-order chi connectivity index (χ1) is 11.7. The van der Waals surface area contributed by atoms with E-state index in [9.17, 15) is 9.59 Å². The monoisotopic (exact) mass is 344 g/mol. The maximum Gasteiger partial charge on any atom is 0.261 e. The topological polar surface area (TPSA) is 69.6 Å². The minimum Gasteiger partial charge on any atom is -0.395 e. The minimum atomic E-state index is -0.0898. The summed E-state index contributed by atoms with van der Waals surface area (Å²) in [5.41, 5.74) is 1.56. The van der Waals surface area contributed by atoms with Crippen LogP contribution in [0, 0.1) is 0 Å². The molecule has 1 aromatic heterocycles. The zero-order chi connectivity index (χ0) is 16.9. The fourth-order valence-electron chi connectivity index (χ4n) is 2.55. The van der Waals surface area contributed by atoms with Crippen molar-refractivity contribution in [2.45, 2.75) is 25.4 Å². The van der Waals surface area contributed by atoms with Crippen molar-refractivity contribution in [2.75, 3.05) is 13.2 Å². The van der Waals surface area contributed by atoms with E-state index in [-0.39, 0.29) is 24.5 Å². The number of nitrogens with one attached hydrogen (secondary N) is 1. The fraction of sp³-hybridized carbons (Fsp3) is 0.333. The third kappa shape index (κ3) is 4.01. The van der Waals surface area contributed by atoms with Crippen molar-refractivity contribution in [2.24, 2.45) is 0 Å². The van der Waals surface area contributed by atoms with Crippen LogP contribution in [0.5, 0.6) is 0 Å². The Kier molecular flexibility index (Phi) is 5.27. The molecule has 3 rings (SSSR count). The van der Waals surface area contributed by atoms with E-state index in [1.807, 2.05) is 23.6 Å². The molecule has 2 amide bonds. The molecule has 0 spiro atoms. The number of hydrogen-bond donors (Lipinski definition) is 2. The molecule has 0 bridgehead atoms. The van der Waals surface area contributed by atoms with Crippen molar-refractivity contribution in [3.63, 3.8) is 0 Å². The molecule has 5 nitrogen and oxygen atoms in total. The van der Waals surface area contributed by atoms with E-state index in [2.05, 4.69) is 5.32 Å². The molecular weight excluding hydrogens is 324 g/mol. The number of amides is 2. The van der Waals surface area contributed by atoms with Crippen molar-refractivity contribution in [1.29, 1.82) is 0 Å². The van der Waals surface area contributed by atoms with Crippen LogP contribution in [-0.4, -0.2) is 41.0 Å². The van der Waals surface area contributed by atoms with Gasteiger partial charge in [0.25, 0.3) is 11.8 Å². The van der Waals surface area contributed by atoms with Crippen LogP contribution >= 0.6 is 11.3 Å². The normalized spacial score (nSPS) is 13.5. The molecule has 1 aliphatic carbocycles. The van der Waals surface area contributed by atoms with E-state index in [1.54, 1.807) is 23.1 Å². The molecule has 1 fully saturated rings. The number of hydrogen-bond acceptors (Lipinski definition) is 4. The van der Waals surface area contributed by atoms with Crippen LogP contribution in [0.15, 0.2) is 41.8 Å². The summed E-state index contributed by atoms with van der Waals surface area (Å²) < 4.78 is 0. The summed E-state index contributed by atoms with van der Waals surface area (Å²) in [5, 5.41) is 13.9. The quantitative estimate of drug-likeness (QED) is 0.809. The molecule has 0 saturated heterocycles. The number of rotatable bonds is 7. The second kappa shape index (κ2) is 7.59. The maximum atomic E-state index is 12.5. The molecule has 0 atom stereocenters. The third-order valence-electron chi connectivity index (χ3n) is 3.99. The van der Waals surface area contributed by atoms with Crippen LogP contribution in [0.1, 0.15) is 38.4 Å². The fourth-order valence-corrected chi connectivity index (χ4v) is 3.19. The van der Waals surface area contributed by atoms with E-state index in [0.29, 0.717) is 23.5 Å². The predicted octanol–water partition coefficient (Wildman–Crippen LogP) is 2.28. The van der Waals surface area contributed by atoms with Gasteiger partial charge in [-0.2, -0.15) is 0 Å². The van der Waals surface area contributed by atoms with Crippen molar-refractivity contribution >= 4 is 23.2 Å². The lowest BCUT2D eigenvalue weighted by Crippen LogP contribution is -2.35. The van der Waals surface area contributed by atoms with Gasteiger partial charge in [0.15, 0.2) is 0 Å². The second-order valence-corrected chi connectivity index (χ2v) is 6.76. The van der Waals surface area contributed by atoms with Gasteiger partial charge >= 0.3 is 0 Å². The van der Waals surface area contributed by atoms with Gasteiger partial charge in [-0.3, -0.25) is 9.59 Å². The first-order valence-electron chi connectivity index (χ1n) is 8.01. The van der Waals surface area contributed by atoms with Crippen LogP contribution in [0.25, 0.3) is 0 Å². The Morgan fingerprint density at radius 1 is 1.21 bits per heavy atom. The predicted molar refractivity (Wildman–Crippen MR) is 93.1 cm³/mol. The van der Waals surface area contributed by atoms with Gasteiger partial charge < -0.3 is 15.3 Å². The molecule has 0 radical (unpaired) electrons. The summed E-state index contributed by atoms with van der Waals surface area (Å²) in [6, 6.07) is 11.2. The van der Waals surface area contributed by atoms with Gasteiger partial charge in [0.05, 0.1) is 11.5 Å². The molecule has 2 N–H and O–H groups in total. The number of carbonyl (C=O) groups excluding carboxylic acids is 2. The van der Waals surface area contributed by atoms with E-state index in [4.69, 9.17) is 5.11 Å². The van der Waals surface area contributed by atoms with Crippen molar-refractivity contribution in [1.82, 2.24) is 10.2 Å². The highest BCUT2D eigenvalue weighted by Gasteiger charge is 2.32. The lowest BCUT2D eigenvalue weighted by molar-refractivity contribution is 0.0707. The maximum absolute atomic E-state index is 12.5. The summed E-state index contributed by atoms with van der Waals surface area (Å²) in [5.74, 6) is -0.131. The summed E-state index contributed by atoms with van der Waals surface area (Å²) in [6.07, 6.45) is 2.02. The standard InChI is InChI=1S/C18H20N2O3S/c21-10-9-20(15-7-8-15)18(23)14-5-3-13(4-6-14)12-19-17(22)16-2-1-11-24-16/h1-6,11,15,21H,7-10,12H2,(H,19,22). The lowest BCUT2D eigenvalue weighted by atomic mass is 10.1. The molecule has 1 heterocycles. The third-order valence-corrected chi connectivity index (χ3v) is 4.86. The molecular formula is C18H20N2O3S. The molecule has 126 valence electrons. The highest BCUT2D eigenvalue weighted by molar-refractivity contribution is 7.12. The molecule has 1 aromatic carbocycles. The highest BCUT2D eigenvalue weighted by atomic mass is 32.1. The molecule has 2 aromatic rings. The average Bonchev–Trinajstić information content (AvgIpc) is 3.30. The highest BCUT2D eigenvalue weighted by Crippen LogP contribution is 2.28. The first-order valence-corrected chi connectivity index (χ1v) is 8.89. The van der Waals surface area contributed by atoms with Crippen LogP contribution in [-0.2, 0) is 6.54 Å². The van der Waals surface area contributed by atoms with E-state index < -0.39 is 0 Å². The summed E-state index contributed by atoms with van der Waals surface area (Å²) in [4.78, 5) is 26.8. The average molecular weight is 344 g/mol. The van der Waals surface area contributed by atoms with E-state index in [0.717, 1.165) is 18.4 Å². The molecule has 1 aliphatic rings. The number of aliphatic hydroxyl groups is 1. The minimum absolute atomic E-state index is 0.0188. The molecule has 24 heavy (non-hydrogen) atoms. The second-order valence-electron chi connectivity index (χ2n) is 5.81. The van der Waals surface area contributed by atoms with Crippen LogP contribution in [0.3, 0.4) is 0 Å². The van der Waals surface area contributed by atoms with Gasteiger partial charge in [0.2, 0.25) is 0 Å². The SMILES string of the molecule is O=C(NCc1ccc(C(=O)N(CCO)C2CC2)cc1)c1cccs1. The summed E-state index contributed by atoms with van der Waals surface area (Å²) in [6.45, 7) is 0.783. The van der Waals surface area contributed by atoms with E-state index >= 15 is 0 Å². The van der Waals surface area contributed by atoms with Crippen LogP contribution in [0.4, 0.5) is 0 Å². The number of thiophene rings is 1. The number of benzene rings is 1. The number of aliphatic hydroxyl groups excluding tert-OH is 1. The van der Waals surface area contributed by atoms with Crippen LogP contribution in [0.2, 0.25) is 0 Å². The van der Waals surface area contributed by atoms with Crippen molar-refractivity contribution < 1.29 is 14.7 Å². The smallest absolute Gasteiger partial charge is 0.261 e. The zero-order valence-electron chi connectivity index (χ0n) is 13.3. The Balaban J connectivity index is 1.58. The Morgan fingerprint density at radius 3 is 2.54 bits per heavy atom.